The van der Waals surface area contributed by atoms with Crippen molar-refractivity contribution in [2.24, 2.45) is 5.92 Å². The molecule has 0 aliphatic carbocycles. The summed E-state index contributed by atoms with van der Waals surface area (Å²) in [6.07, 6.45) is 0. The van der Waals surface area contributed by atoms with Crippen molar-refractivity contribution in [3.8, 4) is 0 Å². The molecular formula is C10H14BrNS. The molecule has 0 spiro atoms. The SMILES string of the molecule is CC(C)CSc1cc(Br)ccc1N. The maximum absolute atomic E-state index is 5.83. The van der Waals surface area contributed by atoms with E-state index in [-0.39, 0.29) is 0 Å². The van der Waals surface area contributed by atoms with Crippen molar-refractivity contribution >= 4 is 33.4 Å². The second-order valence-electron chi connectivity index (χ2n) is 3.39. The number of hydrogen-bond donors (Lipinski definition) is 1. The van der Waals surface area contributed by atoms with E-state index in [2.05, 4.69) is 35.8 Å². The molecule has 3 heteroatoms. The molecule has 0 radical (unpaired) electrons. The molecule has 0 saturated heterocycles. The van der Waals surface area contributed by atoms with Gasteiger partial charge in [-0.25, -0.2) is 0 Å². The first-order chi connectivity index (χ1) is 6.09. The van der Waals surface area contributed by atoms with Gasteiger partial charge in [0.1, 0.15) is 0 Å². The van der Waals surface area contributed by atoms with Crippen LogP contribution in [0.4, 0.5) is 5.69 Å². The van der Waals surface area contributed by atoms with Crippen LogP contribution < -0.4 is 5.73 Å². The fourth-order valence-corrected chi connectivity index (χ4v) is 2.36. The lowest BCUT2D eigenvalue weighted by atomic mass is 10.3. The Morgan fingerprint density at radius 2 is 2.15 bits per heavy atom. The van der Waals surface area contributed by atoms with Crippen molar-refractivity contribution in [2.45, 2.75) is 18.7 Å². The van der Waals surface area contributed by atoms with Gasteiger partial charge in [-0.3, -0.25) is 0 Å². The lowest BCUT2D eigenvalue weighted by Crippen LogP contribution is -1.93. The van der Waals surface area contributed by atoms with Crippen LogP contribution in [0.2, 0.25) is 0 Å². The number of benzene rings is 1. The molecule has 2 N–H and O–H groups in total. The lowest BCUT2D eigenvalue weighted by Gasteiger charge is -2.07. The number of hydrogen-bond acceptors (Lipinski definition) is 2. The van der Waals surface area contributed by atoms with Crippen LogP contribution in [0.15, 0.2) is 27.6 Å². The molecule has 0 heterocycles. The number of thioether (sulfide) groups is 1. The summed E-state index contributed by atoms with van der Waals surface area (Å²) in [5, 5.41) is 0. The van der Waals surface area contributed by atoms with Crippen molar-refractivity contribution < 1.29 is 0 Å². The minimum atomic E-state index is 0.698. The van der Waals surface area contributed by atoms with Crippen LogP contribution in [0.25, 0.3) is 0 Å². The summed E-state index contributed by atoms with van der Waals surface area (Å²) in [5.41, 5.74) is 6.70. The Kier molecular flexibility index (Phi) is 4.13. The monoisotopic (exact) mass is 259 g/mol. The van der Waals surface area contributed by atoms with Gasteiger partial charge in [-0.2, -0.15) is 0 Å². The molecule has 13 heavy (non-hydrogen) atoms. The van der Waals surface area contributed by atoms with Crippen molar-refractivity contribution in [1.29, 1.82) is 0 Å². The van der Waals surface area contributed by atoms with E-state index in [1.54, 1.807) is 0 Å². The third-order valence-corrected chi connectivity index (χ3v) is 3.54. The Labute approximate surface area is 92.2 Å². The van der Waals surface area contributed by atoms with Gasteiger partial charge in [0, 0.05) is 20.8 Å². The Hall–Kier alpha value is -0.150. The zero-order valence-corrected chi connectivity index (χ0v) is 10.3. The third kappa shape index (κ3) is 3.61. The Balaban J connectivity index is 2.70. The van der Waals surface area contributed by atoms with Gasteiger partial charge in [0.15, 0.2) is 0 Å². The van der Waals surface area contributed by atoms with Crippen molar-refractivity contribution in [1.82, 2.24) is 0 Å². The maximum Gasteiger partial charge on any atom is 0.0453 e. The molecule has 72 valence electrons. The molecule has 0 aliphatic rings. The number of halogens is 1. The normalized spacial score (nSPS) is 10.8. The molecule has 0 atom stereocenters. The molecular weight excluding hydrogens is 246 g/mol. The molecule has 0 aliphatic heterocycles. The second-order valence-corrected chi connectivity index (χ2v) is 5.36. The van der Waals surface area contributed by atoms with Crippen molar-refractivity contribution in [3.63, 3.8) is 0 Å². The van der Waals surface area contributed by atoms with E-state index < -0.39 is 0 Å². The van der Waals surface area contributed by atoms with E-state index in [1.165, 1.54) is 4.90 Å². The van der Waals surface area contributed by atoms with Crippen LogP contribution in [0, 0.1) is 5.92 Å². The maximum atomic E-state index is 5.83. The second kappa shape index (κ2) is 4.91. The number of rotatable bonds is 3. The molecule has 1 aromatic rings. The zero-order valence-electron chi connectivity index (χ0n) is 7.88. The highest BCUT2D eigenvalue weighted by atomic mass is 79.9. The van der Waals surface area contributed by atoms with E-state index in [0.29, 0.717) is 5.92 Å². The molecule has 0 amide bonds. The van der Waals surface area contributed by atoms with Crippen LogP contribution in [0.1, 0.15) is 13.8 Å². The zero-order chi connectivity index (χ0) is 9.84. The van der Waals surface area contributed by atoms with Crippen molar-refractivity contribution in [3.05, 3.63) is 22.7 Å². The summed E-state index contributed by atoms with van der Waals surface area (Å²) >= 11 is 5.25. The van der Waals surface area contributed by atoms with Gasteiger partial charge in [-0.05, 0) is 24.1 Å². The van der Waals surface area contributed by atoms with Crippen LogP contribution in [-0.4, -0.2) is 5.75 Å². The topological polar surface area (TPSA) is 26.0 Å². The van der Waals surface area contributed by atoms with Gasteiger partial charge in [0.2, 0.25) is 0 Å². The predicted molar refractivity (Wildman–Crippen MR) is 64.1 cm³/mol. The predicted octanol–water partition coefficient (Wildman–Crippen LogP) is 3.78. The van der Waals surface area contributed by atoms with Gasteiger partial charge in [0.25, 0.3) is 0 Å². The lowest BCUT2D eigenvalue weighted by molar-refractivity contribution is 0.750. The van der Waals surface area contributed by atoms with E-state index in [0.717, 1.165) is 15.9 Å². The van der Waals surface area contributed by atoms with Gasteiger partial charge >= 0.3 is 0 Å². The van der Waals surface area contributed by atoms with Crippen LogP contribution in [-0.2, 0) is 0 Å². The molecule has 0 fully saturated rings. The highest BCUT2D eigenvalue weighted by Gasteiger charge is 2.02. The van der Waals surface area contributed by atoms with E-state index in [9.17, 15) is 0 Å². The quantitative estimate of drug-likeness (QED) is 0.661. The molecule has 1 rings (SSSR count). The van der Waals surface area contributed by atoms with Crippen LogP contribution >= 0.6 is 27.7 Å². The highest BCUT2D eigenvalue weighted by Crippen LogP contribution is 2.29. The first-order valence-electron chi connectivity index (χ1n) is 4.27. The van der Waals surface area contributed by atoms with E-state index in [4.69, 9.17) is 5.73 Å². The number of nitrogens with two attached hydrogens (primary N) is 1. The van der Waals surface area contributed by atoms with Gasteiger partial charge < -0.3 is 5.73 Å². The average Bonchev–Trinajstić information content (AvgIpc) is 2.06. The highest BCUT2D eigenvalue weighted by molar-refractivity contribution is 9.10. The van der Waals surface area contributed by atoms with Gasteiger partial charge in [0.05, 0.1) is 0 Å². The van der Waals surface area contributed by atoms with E-state index >= 15 is 0 Å². The van der Waals surface area contributed by atoms with Crippen molar-refractivity contribution in [2.75, 3.05) is 11.5 Å². The summed E-state index contributed by atoms with van der Waals surface area (Å²) < 4.78 is 1.09. The summed E-state index contributed by atoms with van der Waals surface area (Å²) in [6.45, 7) is 4.42. The Morgan fingerprint density at radius 3 is 2.77 bits per heavy atom. The molecule has 0 saturated carbocycles. The van der Waals surface area contributed by atoms with Crippen LogP contribution in [0.3, 0.4) is 0 Å². The third-order valence-electron chi connectivity index (χ3n) is 1.55. The molecule has 1 aromatic carbocycles. The van der Waals surface area contributed by atoms with Crippen LogP contribution in [0.5, 0.6) is 0 Å². The number of anilines is 1. The molecule has 0 bridgehead atoms. The molecule has 0 unspecified atom stereocenters. The Morgan fingerprint density at radius 1 is 1.46 bits per heavy atom. The number of nitrogen functional groups attached to an aromatic ring is 1. The van der Waals surface area contributed by atoms with Gasteiger partial charge in [-0.1, -0.05) is 29.8 Å². The van der Waals surface area contributed by atoms with E-state index in [1.807, 2.05) is 23.9 Å². The van der Waals surface area contributed by atoms with Gasteiger partial charge in [-0.15, -0.1) is 11.8 Å². The first kappa shape index (κ1) is 10.9. The molecule has 0 aromatic heterocycles. The first-order valence-corrected chi connectivity index (χ1v) is 6.05. The summed E-state index contributed by atoms with van der Waals surface area (Å²) in [6, 6.07) is 5.98. The Bertz CT molecular complexity index is 286. The average molecular weight is 260 g/mol. The summed E-state index contributed by atoms with van der Waals surface area (Å²) in [4.78, 5) is 1.17. The standard InChI is InChI=1S/C10H14BrNS/c1-7(2)6-13-10-5-8(11)3-4-9(10)12/h3-5,7H,6,12H2,1-2H3. The smallest absolute Gasteiger partial charge is 0.0453 e. The minimum Gasteiger partial charge on any atom is -0.398 e. The largest absolute Gasteiger partial charge is 0.398 e. The fourth-order valence-electron chi connectivity index (χ4n) is 0.890. The summed E-state index contributed by atoms with van der Waals surface area (Å²) in [5.74, 6) is 1.81. The minimum absolute atomic E-state index is 0.698. The molecule has 1 nitrogen and oxygen atoms in total. The fraction of sp³-hybridized carbons (Fsp3) is 0.400. The summed E-state index contributed by atoms with van der Waals surface area (Å²) in [7, 11) is 0.